The maximum Gasteiger partial charge on any atom is 0.325 e. The standard InChI is InChI=1S/C32H31N5O5S/c1-3-42-31(39)20-34-30(38)21-37-15-5-7-24-6-4-8-29(32(24)37)43(40,41)35-26-13-14-28-25(17-26)18-27(36(28)2)16-22-9-11-23(19-33)12-10-22/h4-14,17-18,35H,3,15-16,20-21H2,1-2H3,(H,34,38). The number of esters is 1. The Balaban J connectivity index is 1.37. The molecule has 11 heteroatoms. The van der Waals surface area contributed by atoms with Crippen LogP contribution in [0.5, 0.6) is 0 Å². The smallest absolute Gasteiger partial charge is 0.325 e. The summed E-state index contributed by atoms with van der Waals surface area (Å²) in [6.45, 7) is 1.82. The maximum absolute atomic E-state index is 13.7. The Morgan fingerprint density at radius 2 is 1.86 bits per heavy atom. The number of amides is 1. The minimum atomic E-state index is -4.05. The molecule has 0 aliphatic carbocycles. The highest BCUT2D eigenvalue weighted by atomic mass is 32.2. The Kier molecular flexibility index (Phi) is 8.50. The monoisotopic (exact) mass is 597 g/mol. The minimum absolute atomic E-state index is 0.0437. The Morgan fingerprint density at radius 3 is 2.60 bits per heavy atom. The van der Waals surface area contributed by atoms with Crippen molar-refractivity contribution in [3.05, 3.63) is 95.2 Å². The Labute approximate surface area is 250 Å². The summed E-state index contributed by atoms with van der Waals surface area (Å²) in [7, 11) is -2.08. The summed E-state index contributed by atoms with van der Waals surface area (Å²) < 4.78 is 37.1. The predicted molar refractivity (Wildman–Crippen MR) is 165 cm³/mol. The van der Waals surface area contributed by atoms with Gasteiger partial charge in [0.15, 0.2) is 0 Å². The van der Waals surface area contributed by atoms with Gasteiger partial charge in [0.2, 0.25) is 5.91 Å². The number of carbonyl (C=O) groups excluding carboxylic acids is 2. The number of carbonyl (C=O) groups is 2. The molecule has 0 fully saturated rings. The van der Waals surface area contributed by atoms with Crippen LogP contribution in [0.25, 0.3) is 17.0 Å². The van der Waals surface area contributed by atoms with Crippen LogP contribution in [0.2, 0.25) is 0 Å². The second kappa shape index (κ2) is 12.4. The molecule has 4 aromatic rings. The molecule has 10 nitrogen and oxygen atoms in total. The predicted octanol–water partition coefficient (Wildman–Crippen LogP) is 3.95. The van der Waals surface area contributed by atoms with E-state index < -0.39 is 21.9 Å². The highest BCUT2D eigenvalue weighted by molar-refractivity contribution is 7.92. The number of anilines is 2. The number of aromatic nitrogens is 1. The Morgan fingerprint density at radius 1 is 1.07 bits per heavy atom. The molecule has 1 amide bonds. The number of ether oxygens (including phenoxy) is 1. The average Bonchev–Trinajstić information content (AvgIpc) is 3.30. The largest absolute Gasteiger partial charge is 0.465 e. The van der Waals surface area contributed by atoms with Crippen molar-refractivity contribution in [3.63, 3.8) is 0 Å². The van der Waals surface area contributed by atoms with Crippen LogP contribution < -0.4 is 14.9 Å². The van der Waals surface area contributed by atoms with Crippen LogP contribution >= 0.6 is 0 Å². The molecule has 0 saturated heterocycles. The van der Waals surface area contributed by atoms with E-state index in [1.54, 1.807) is 48.2 Å². The number of hydrogen-bond donors (Lipinski definition) is 2. The van der Waals surface area contributed by atoms with Crippen LogP contribution in [0.4, 0.5) is 11.4 Å². The summed E-state index contributed by atoms with van der Waals surface area (Å²) in [5.74, 6) is -0.972. The lowest BCUT2D eigenvalue weighted by atomic mass is 10.1. The zero-order chi connectivity index (χ0) is 30.6. The molecule has 1 aromatic heterocycles. The number of nitrogens with zero attached hydrogens (tertiary/aromatic N) is 3. The highest BCUT2D eigenvalue weighted by Crippen LogP contribution is 2.34. The molecular formula is C32H31N5O5S. The van der Waals surface area contributed by atoms with Gasteiger partial charge in [-0.15, -0.1) is 0 Å². The minimum Gasteiger partial charge on any atom is -0.465 e. The van der Waals surface area contributed by atoms with E-state index in [0.717, 1.165) is 22.2 Å². The van der Waals surface area contributed by atoms with E-state index in [1.807, 2.05) is 43.5 Å². The van der Waals surface area contributed by atoms with Crippen molar-refractivity contribution in [1.29, 1.82) is 5.26 Å². The zero-order valence-electron chi connectivity index (χ0n) is 23.8. The molecule has 0 bridgehead atoms. The van der Waals surface area contributed by atoms with Crippen LogP contribution in [0.1, 0.15) is 29.3 Å². The zero-order valence-corrected chi connectivity index (χ0v) is 24.6. The van der Waals surface area contributed by atoms with Crippen LogP contribution in [0, 0.1) is 11.3 Å². The Hall–Kier alpha value is -5.08. The molecule has 5 rings (SSSR count). The van der Waals surface area contributed by atoms with Gasteiger partial charge in [0.05, 0.1) is 30.5 Å². The van der Waals surface area contributed by atoms with Crippen molar-refractivity contribution in [3.8, 4) is 6.07 Å². The molecule has 3 aromatic carbocycles. The first-order chi connectivity index (χ1) is 20.7. The molecule has 1 aliphatic heterocycles. The van der Waals surface area contributed by atoms with Crippen molar-refractivity contribution >= 4 is 50.3 Å². The van der Waals surface area contributed by atoms with E-state index in [-0.39, 0.29) is 24.6 Å². The first kappa shape index (κ1) is 29.4. The van der Waals surface area contributed by atoms with Crippen molar-refractivity contribution in [2.75, 3.05) is 35.9 Å². The molecule has 2 heterocycles. The SMILES string of the molecule is CCOC(=O)CNC(=O)CN1CC=Cc2cccc(S(=O)(=O)Nc3ccc4c(c3)cc(Cc3ccc(C#N)cc3)n4C)c21. The van der Waals surface area contributed by atoms with Gasteiger partial charge < -0.3 is 19.5 Å². The molecule has 1 aliphatic rings. The van der Waals surface area contributed by atoms with Crippen LogP contribution in [0.15, 0.2) is 77.7 Å². The summed E-state index contributed by atoms with van der Waals surface area (Å²) in [6, 6.07) is 22.0. The van der Waals surface area contributed by atoms with E-state index in [0.29, 0.717) is 35.5 Å². The van der Waals surface area contributed by atoms with Crippen molar-refractivity contribution in [1.82, 2.24) is 9.88 Å². The molecule has 0 atom stereocenters. The summed E-state index contributed by atoms with van der Waals surface area (Å²) in [5, 5.41) is 12.5. The third-order valence-corrected chi connectivity index (χ3v) is 8.60. The molecule has 0 unspecified atom stereocenters. The molecule has 0 spiro atoms. The molecule has 220 valence electrons. The first-order valence-electron chi connectivity index (χ1n) is 13.8. The Bertz CT molecular complexity index is 1870. The third kappa shape index (κ3) is 6.55. The van der Waals surface area contributed by atoms with Gasteiger partial charge in [-0.25, -0.2) is 8.42 Å². The lowest BCUT2D eigenvalue weighted by Gasteiger charge is -2.29. The lowest BCUT2D eigenvalue weighted by molar-refractivity contribution is -0.143. The molecular weight excluding hydrogens is 566 g/mol. The van der Waals surface area contributed by atoms with Crippen LogP contribution in [-0.2, 0) is 37.8 Å². The van der Waals surface area contributed by atoms with Gasteiger partial charge >= 0.3 is 5.97 Å². The summed E-state index contributed by atoms with van der Waals surface area (Å²) in [4.78, 5) is 26.0. The number of rotatable bonds is 10. The second-order valence-electron chi connectivity index (χ2n) is 10.1. The summed E-state index contributed by atoms with van der Waals surface area (Å²) in [5.41, 5.74) is 5.15. The molecule has 43 heavy (non-hydrogen) atoms. The highest BCUT2D eigenvalue weighted by Gasteiger charge is 2.27. The number of nitriles is 1. The van der Waals surface area contributed by atoms with E-state index in [1.165, 1.54) is 6.07 Å². The number of fused-ring (bicyclic) bond motifs is 2. The van der Waals surface area contributed by atoms with E-state index >= 15 is 0 Å². The van der Waals surface area contributed by atoms with E-state index in [2.05, 4.69) is 20.7 Å². The lowest BCUT2D eigenvalue weighted by Crippen LogP contribution is -2.41. The number of benzene rings is 3. The molecule has 2 N–H and O–H groups in total. The second-order valence-corrected chi connectivity index (χ2v) is 11.8. The number of para-hydroxylation sites is 1. The van der Waals surface area contributed by atoms with Crippen molar-refractivity contribution in [2.45, 2.75) is 18.2 Å². The van der Waals surface area contributed by atoms with Gasteiger partial charge in [-0.3, -0.25) is 14.3 Å². The molecule has 0 radical (unpaired) electrons. The fourth-order valence-corrected chi connectivity index (χ4v) is 6.45. The quantitative estimate of drug-likeness (QED) is 0.265. The van der Waals surface area contributed by atoms with E-state index in [9.17, 15) is 18.0 Å². The summed E-state index contributed by atoms with van der Waals surface area (Å²) >= 11 is 0. The number of hydrogen-bond acceptors (Lipinski definition) is 7. The van der Waals surface area contributed by atoms with Gasteiger partial charge in [0.25, 0.3) is 10.0 Å². The normalized spacial score (nSPS) is 12.4. The van der Waals surface area contributed by atoms with Gasteiger partial charge in [0, 0.05) is 42.3 Å². The fourth-order valence-electron chi connectivity index (χ4n) is 5.14. The van der Waals surface area contributed by atoms with Crippen LogP contribution in [0.3, 0.4) is 0 Å². The van der Waals surface area contributed by atoms with Crippen molar-refractivity contribution < 1.29 is 22.7 Å². The summed E-state index contributed by atoms with van der Waals surface area (Å²) in [6.07, 6.45) is 4.33. The fraction of sp³-hybridized carbons (Fsp3) is 0.219. The van der Waals surface area contributed by atoms with Gasteiger partial charge in [-0.2, -0.15) is 5.26 Å². The number of sulfonamides is 1. The van der Waals surface area contributed by atoms with Crippen LogP contribution in [-0.4, -0.2) is 51.1 Å². The van der Waals surface area contributed by atoms with Gasteiger partial charge in [0.1, 0.15) is 11.4 Å². The maximum atomic E-state index is 13.7. The van der Waals surface area contributed by atoms with Crippen molar-refractivity contribution in [2.24, 2.45) is 7.05 Å². The van der Waals surface area contributed by atoms with Gasteiger partial charge in [-0.05, 0) is 60.5 Å². The molecule has 0 saturated carbocycles. The third-order valence-electron chi connectivity index (χ3n) is 7.19. The van der Waals surface area contributed by atoms with E-state index in [4.69, 9.17) is 10.00 Å². The topological polar surface area (TPSA) is 134 Å². The first-order valence-corrected chi connectivity index (χ1v) is 15.2. The average molecular weight is 598 g/mol. The van der Waals surface area contributed by atoms with Gasteiger partial charge in [-0.1, -0.05) is 36.4 Å². The number of nitrogens with one attached hydrogen (secondary N) is 2. The number of aryl methyl sites for hydroxylation is 1.